The van der Waals surface area contributed by atoms with Crippen molar-refractivity contribution in [2.75, 3.05) is 10.6 Å². The molecule has 2 N–H and O–H groups in total. The van der Waals surface area contributed by atoms with E-state index in [2.05, 4.69) is 10.6 Å². The second-order valence-electron chi connectivity index (χ2n) is 5.46. The molecule has 0 spiro atoms. The zero-order valence-corrected chi connectivity index (χ0v) is 13.4. The lowest BCUT2D eigenvalue weighted by Gasteiger charge is -2.03. The SMILES string of the molecule is CCCC(=O)Nc1cc(C(=O)Nc2cc(C)n(C)c2)n(C)c1. The van der Waals surface area contributed by atoms with Crippen LogP contribution >= 0.6 is 0 Å². The minimum Gasteiger partial charge on any atom is -0.353 e. The fourth-order valence-electron chi connectivity index (χ4n) is 2.25. The lowest BCUT2D eigenvalue weighted by Crippen LogP contribution is -2.14. The van der Waals surface area contributed by atoms with Gasteiger partial charge in [0, 0.05) is 38.6 Å². The molecule has 0 fully saturated rings. The molecule has 0 aliphatic heterocycles. The fraction of sp³-hybridized carbons (Fsp3) is 0.375. The molecule has 0 saturated carbocycles. The zero-order valence-electron chi connectivity index (χ0n) is 13.4. The Bertz CT molecular complexity index is 678. The van der Waals surface area contributed by atoms with Crippen molar-refractivity contribution in [3.63, 3.8) is 0 Å². The van der Waals surface area contributed by atoms with Gasteiger partial charge in [-0.05, 0) is 25.5 Å². The van der Waals surface area contributed by atoms with Gasteiger partial charge < -0.3 is 19.8 Å². The second kappa shape index (κ2) is 6.51. The third-order valence-corrected chi connectivity index (χ3v) is 3.51. The minimum atomic E-state index is -0.205. The van der Waals surface area contributed by atoms with E-state index in [1.807, 2.05) is 37.7 Å². The number of amides is 2. The predicted octanol–water partition coefficient (Wildman–Crippen LogP) is 2.66. The van der Waals surface area contributed by atoms with E-state index in [0.717, 1.165) is 17.8 Å². The molecule has 0 atom stereocenters. The van der Waals surface area contributed by atoms with Crippen LogP contribution in [-0.4, -0.2) is 20.9 Å². The van der Waals surface area contributed by atoms with E-state index >= 15 is 0 Å². The monoisotopic (exact) mass is 302 g/mol. The summed E-state index contributed by atoms with van der Waals surface area (Å²) in [6.45, 7) is 3.92. The quantitative estimate of drug-likeness (QED) is 0.891. The normalized spacial score (nSPS) is 10.5. The molecular weight excluding hydrogens is 280 g/mol. The van der Waals surface area contributed by atoms with Crippen molar-refractivity contribution in [1.29, 1.82) is 0 Å². The smallest absolute Gasteiger partial charge is 0.272 e. The van der Waals surface area contributed by atoms with Crippen molar-refractivity contribution in [3.8, 4) is 0 Å². The lowest BCUT2D eigenvalue weighted by molar-refractivity contribution is -0.116. The number of nitrogens with zero attached hydrogens (tertiary/aromatic N) is 2. The van der Waals surface area contributed by atoms with Crippen LogP contribution in [0.3, 0.4) is 0 Å². The van der Waals surface area contributed by atoms with E-state index in [1.54, 1.807) is 23.9 Å². The van der Waals surface area contributed by atoms with Crippen molar-refractivity contribution in [1.82, 2.24) is 9.13 Å². The summed E-state index contributed by atoms with van der Waals surface area (Å²) >= 11 is 0. The molecule has 0 radical (unpaired) electrons. The Labute approximate surface area is 130 Å². The molecule has 0 unspecified atom stereocenters. The summed E-state index contributed by atoms with van der Waals surface area (Å²) in [6.07, 6.45) is 4.86. The fourth-order valence-corrected chi connectivity index (χ4v) is 2.25. The van der Waals surface area contributed by atoms with Crippen LogP contribution in [0.1, 0.15) is 35.9 Å². The standard InChI is InChI=1S/C16H22N4O2/c1-5-6-15(21)17-13-8-14(20(4)10-13)16(22)18-12-7-11(2)19(3)9-12/h7-10H,5-6H2,1-4H3,(H,17,21)(H,18,22). The molecule has 2 amide bonds. The van der Waals surface area contributed by atoms with Gasteiger partial charge >= 0.3 is 0 Å². The highest BCUT2D eigenvalue weighted by molar-refractivity contribution is 6.04. The summed E-state index contributed by atoms with van der Waals surface area (Å²) in [5, 5.41) is 5.65. The first-order valence-electron chi connectivity index (χ1n) is 7.31. The molecule has 0 saturated heterocycles. The zero-order chi connectivity index (χ0) is 16.3. The Morgan fingerprint density at radius 2 is 1.68 bits per heavy atom. The maximum Gasteiger partial charge on any atom is 0.272 e. The minimum absolute atomic E-state index is 0.0428. The Hall–Kier alpha value is -2.50. The lowest BCUT2D eigenvalue weighted by atomic mass is 10.3. The van der Waals surface area contributed by atoms with Crippen molar-refractivity contribution in [2.24, 2.45) is 14.1 Å². The number of hydrogen-bond donors (Lipinski definition) is 2. The molecule has 0 aliphatic rings. The first kappa shape index (κ1) is 15.9. The molecule has 22 heavy (non-hydrogen) atoms. The molecule has 0 aliphatic carbocycles. The van der Waals surface area contributed by atoms with Gasteiger partial charge in [0.05, 0.1) is 11.4 Å². The summed E-state index contributed by atoms with van der Waals surface area (Å²) in [4.78, 5) is 23.9. The highest BCUT2D eigenvalue weighted by atomic mass is 16.2. The van der Waals surface area contributed by atoms with Crippen molar-refractivity contribution in [2.45, 2.75) is 26.7 Å². The van der Waals surface area contributed by atoms with E-state index in [9.17, 15) is 9.59 Å². The Kier molecular flexibility index (Phi) is 4.70. The maximum atomic E-state index is 12.3. The van der Waals surface area contributed by atoms with E-state index in [-0.39, 0.29) is 11.8 Å². The first-order valence-corrected chi connectivity index (χ1v) is 7.31. The number of aryl methyl sites for hydroxylation is 3. The number of hydrogen-bond acceptors (Lipinski definition) is 2. The molecule has 2 aromatic heterocycles. The van der Waals surface area contributed by atoms with Gasteiger partial charge in [-0.15, -0.1) is 0 Å². The average molecular weight is 302 g/mol. The van der Waals surface area contributed by atoms with Crippen LogP contribution in [0.25, 0.3) is 0 Å². The molecule has 0 bridgehead atoms. The van der Waals surface area contributed by atoms with Crippen LogP contribution in [0.2, 0.25) is 0 Å². The Morgan fingerprint density at radius 1 is 1.05 bits per heavy atom. The van der Waals surface area contributed by atoms with Crippen molar-refractivity contribution in [3.05, 3.63) is 35.9 Å². The third-order valence-electron chi connectivity index (χ3n) is 3.51. The van der Waals surface area contributed by atoms with Gasteiger partial charge in [0.25, 0.3) is 5.91 Å². The van der Waals surface area contributed by atoms with Crippen LogP contribution in [0.5, 0.6) is 0 Å². The molecule has 6 nitrogen and oxygen atoms in total. The summed E-state index contributed by atoms with van der Waals surface area (Å²) in [7, 11) is 3.70. The highest BCUT2D eigenvalue weighted by Gasteiger charge is 2.14. The van der Waals surface area contributed by atoms with Crippen molar-refractivity contribution >= 4 is 23.2 Å². The molecule has 2 rings (SSSR count). The number of carbonyl (C=O) groups excluding carboxylic acids is 2. The van der Waals surface area contributed by atoms with Crippen molar-refractivity contribution < 1.29 is 9.59 Å². The molecule has 2 heterocycles. The van der Waals surface area contributed by atoms with E-state index in [4.69, 9.17) is 0 Å². The third kappa shape index (κ3) is 3.58. The summed E-state index contributed by atoms with van der Waals surface area (Å²) in [5.74, 6) is -0.247. The molecular formula is C16H22N4O2. The maximum absolute atomic E-state index is 12.3. The summed E-state index contributed by atoms with van der Waals surface area (Å²) < 4.78 is 3.64. The van der Waals surface area contributed by atoms with Crippen LogP contribution in [0.4, 0.5) is 11.4 Å². The summed E-state index contributed by atoms with van der Waals surface area (Å²) in [6, 6.07) is 3.59. The molecule has 118 valence electrons. The van der Waals surface area contributed by atoms with Gasteiger partial charge in [-0.1, -0.05) is 6.92 Å². The van der Waals surface area contributed by atoms with Gasteiger partial charge in [-0.2, -0.15) is 0 Å². The van der Waals surface area contributed by atoms with E-state index < -0.39 is 0 Å². The number of carbonyl (C=O) groups is 2. The number of anilines is 2. The number of aromatic nitrogens is 2. The number of rotatable bonds is 5. The Balaban J connectivity index is 2.09. The van der Waals surface area contributed by atoms with Gasteiger partial charge in [-0.3, -0.25) is 9.59 Å². The van der Waals surface area contributed by atoms with Crippen LogP contribution < -0.4 is 10.6 Å². The predicted molar refractivity (Wildman–Crippen MR) is 87.1 cm³/mol. The Morgan fingerprint density at radius 3 is 2.27 bits per heavy atom. The first-order chi connectivity index (χ1) is 10.4. The van der Waals surface area contributed by atoms with Crippen LogP contribution in [0.15, 0.2) is 24.5 Å². The average Bonchev–Trinajstić information content (AvgIpc) is 2.93. The van der Waals surface area contributed by atoms with Gasteiger partial charge in [-0.25, -0.2) is 0 Å². The van der Waals surface area contributed by atoms with Gasteiger partial charge in [0.15, 0.2) is 0 Å². The largest absolute Gasteiger partial charge is 0.353 e. The van der Waals surface area contributed by atoms with E-state index in [1.165, 1.54) is 0 Å². The molecule has 2 aromatic rings. The van der Waals surface area contributed by atoms with Crippen LogP contribution in [-0.2, 0) is 18.9 Å². The molecule has 0 aromatic carbocycles. The van der Waals surface area contributed by atoms with Gasteiger partial charge in [0.1, 0.15) is 5.69 Å². The molecule has 6 heteroatoms. The van der Waals surface area contributed by atoms with E-state index in [0.29, 0.717) is 17.8 Å². The highest BCUT2D eigenvalue weighted by Crippen LogP contribution is 2.17. The van der Waals surface area contributed by atoms with Crippen LogP contribution in [0, 0.1) is 6.92 Å². The summed E-state index contributed by atoms with van der Waals surface area (Å²) in [5.41, 5.74) is 2.95. The number of nitrogens with one attached hydrogen (secondary N) is 2. The van der Waals surface area contributed by atoms with Gasteiger partial charge in [0.2, 0.25) is 5.91 Å². The second-order valence-corrected chi connectivity index (χ2v) is 5.46. The topological polar surface area (TPSA) is 68.1 Å².